The monoisotopic (exact) mass is 407 g/mol. The van der Waals surface area contributed by atoms with Crippen molar-refractivity contribution >= 4 is 42.1 Å². The number of carbonyl (C=O) groups excluding carboxylic acids is 1. The van der Waals surface area contributed by atoms with Gasteiger partial charge in [-0.15, -0.1) is 24.8 Å². The summed E-state index contributed by atoms with van der Waals surface area (Å²) in [6.07, 6.45) is 3.02. The fourth-order valence-electron chi connectivity index (χ4n) is 3.60. The van der Waals surface area contributed by atoms with Gasteiger partial charge in [-0.25, -0.2) is 0 Å². The van der Waals surface area contributed by atoms with E-state index in [1.165, 1.54) is 18.5 Å². The van der Waals surface area contributed by atoms with Crippen molar-refractivity contribution in [2.24, 2.45) is 11.7 Å². The maximum Gasteiger partial charge on any atom is 0.229 e. The molecule has 0 aromatic heterocycles. The van der Waals surface area contributed by atoms with E-state index >= 15 is 0 Å². The highest BCUT2D eigenvalue weighted by Gasteiger charge is 2.31. The number of hydrogen-bond donors (Lipinski definition) is 1. The lowest BCUT2D eigenvalue weighted by atomic mass is 10.0. The van der Waals surface area contributed by atoms with Gasteiger partial charge in [0, 0.05) is 32.1 Å². The fraction of sp³-hybridized carbons (Fsp3) is 0.381. The molecule has 1 unspecified atom stereocenters. The Bertz CT molecular complexity index is 752. The largest absolute Gasteiger partial charge is 0.368 e. The van der Waals surface area contributed by atoms with Crippen LogP contribution in [0.4, 0.5) is 11.4 Å². The van der Waals surface area contributed by atoms with Crippen molar-refractivity contribution in [2.45, 2.75) is 25.3 Å². The molecule has 0 radical (unpaired) electrons. The number of hydrogen-bond acceptors (Lipinski definition) is 3. The first-order valence-electron chi connectivity index (χ1n) is 9.17. The smallest absolute Gasteiger partial charge is 0.229 e. The van der Waals surface area contributed by atoms with Crippen LogP contribution in [0.3, 0.4) is 0 Å². The summed E-state index contributed by atoms with van der Waals surface area (Å²) in [6, 6.07) is 17.9. The summed E-state index contributed by atoms with van der Waals surface area (Å²) in [5, 5.41) is 0. The number of para-hydroxylation sites is 2. The van der Waals surface area contributed by atoms with Crippen LogP contribution in [0.25, 0.3) is 0 Å². The van der Waals surface area contributed by atoms with E-state index in [0.29, 0.717) is 6.42 Å². The molecule has 1 atom stereocenters. The van der Waals surface area contributed by atoms with Gasteiger partial charge in [0.05, 0.1) is 11.4 Å². The van der Waals surface area contributed by atoms with E-state index in [-0.39, 0.29) is 36.8 Å². The summed E-state index contributed by atoms with van der Waals surface area (Å²) < 4.78 is 0. The third-order valence-electron chi connectivity index (χ3n) is 5.21. The second-order valence-corrected chi connectivity index (χ2v) is 7.14. The predicted molar refractivity (Wildman–Crippen MR) is 116 cm³/mol. The van der Waals surface area contributed by atoms with Crippen molar-refractivity contribution in [2.75, 3.05) is 29.4 Å². The van der Waals surface area contributed by atoms with Crippen molar-refractivity contribution < 1.29 is 4.79 Å². The Balaban J connectivity index is 0.00000131. The van der Waals surface area contributed by atoms with Gasteiger partial charge >= 0.3 is 0 Å². The summed E-state index contributed by atoms with van der Waals surface area (Å²) in [4.78, 5) is 17.3. The van der Waals surface area contributed by atoms with Crippen LogP contribution in [-0.2, 0) is 4.79 Å². The number of rotatable bonds is 5. The van der Waals surface area contributed by atoms with Gasteiger partial charge in [-0.1, -0.05) is 42.5 Å². The first-order chi connectivity index (χ1) is 12.2. The highest BCUT2D eigenvalue weighted by atomic mass is 35.5. The van der Waals surface area contributed by atoms with Gasteiger partial charge in [0.1, 0.15) is 0 Å². The molecule has 6 heteroatoms. The number of halogens is 2. The van der Waals surface area contributed by atoms with Gasteiger partial charge in [-0.2, -0.15) is 0 Å². The average molecular weight is 408 g/mol. The number of anilines is 2. The molecule has 2 aliphatic rings. The molecule has 4 nitrogen and oxygen atoms in total. The molecule has 0 bridgehead atoms. The van der Waals surface area contributed by atoms with E-state index in [9.17, 15) is 4.79 Å². The Kier molecular flexibility index (Phi) is 7.54. The number of amides is 1. The van der Waals surface area contributed by atoms with Gasteiger partial charge in [0.2, 0.25) is 5.91 Å². The van der Waals surface area contributed by atoms with E-state index < -0.39 is 0 Å². The van der Waals surface area contributed by atoms with Crippen molar-refractivity contribution in [3.63, 3.8) is 0 Å². The van der Waals surface area contributed by atoms with E-state index in [0.717, 1.165) is 36.8 Å². The molecule has 1 heterocycles. The quantitative estimate of drug-likeness (QED) is 0.808. The summed E-state index contributed by atoms with van der Waals surface area (Å²) >= 11 is 0. The number of fused-ring (bicyclic) bond motifs is 1. The lowest BCUT2D eigenvalue weighted by Gasteiger charge is -2.38. The summed E-state index contributed by atoms with van der Waals surface area (Å²) in [5.74, 6) is 0.941. The minimum Gasteiger partial charge on any atom is -0.368 e. The van der Waals surface area contributed by atoms with Gasteiger partial charge < -0.3 is 15.5 Å². The van der Waals surface area contributed by atoms with Crippen LogP contribution in [0.1, 0.15) is 30.9 Å². The lowest BCUT2D eigenvalue weighted by Crippen LogP contribution is -2.45. The van der Waals surface area contributed by atoms with E-state index in [4.69, 9.17) is 5.73 Å². The SMILES string of the molecule is Cl.Cl.NC(CC(=O)N1CCN(CC2CC2)c2ccccc21)c1ccccc1. The number of nitrogens with two attached hydrogens (primary N) is 1. The first kappa shape index (κ1) is 21.5. The van der Waals surface area contributed by atoms with Crippen molar-refractivity contribution in [1.82, 2.24) is 0 Å². The standard InChI is InChI=1S/C21H25N3O.2ClH/c22-18(17-6-2-1-3-7-17)14-21(25)24-13-12-23(15-16-10-11-16)19-8-4-5-9-20(19)24;;/h1-9,16,18H,10-15,22H2;2*1H. The van der Waals surface area contributed by atoms with Crippen LogP contribution >= 0.6 is 24.8 Å². The summed E-state index contributed by atoms with van der Waals surface area (Å²) in [7, 11) is 0. The molecule has 1 amide bonds. The molecule has 2 N–H and O–H groups in total. The Hall–Kier alpha value is -1.75. The number of carbonyl (C=O) groups is 1. The van der Waals surface area contributed by atoms with Crippen molar-refractivity contribution in [1.29, 1.82) is 0 Å². The topological polar surface area (TPSA) is 49.6 Å². The Morgan fingerprint density at radius 2 is 1.59 bits per heavy atom. The minimum absolute atomic E-state index is 0. The molecule has 27 heavy (non-hydrogen) atoms. The van der Waals surface area contributed by atoms with E-state index in [1.807, 2.05) is 41.3 Å². The van der Waals surface area contributed by atoms with Crippen LogP contribution in [-0.4, -0.2) is 25.5 Å². The Labute approximate surface area is 173 Å². The van der Waals surface area contributed by atoms with Crippen LogP contribution in [0, 0.1) is 5.92 Å². The molecule has 1 aliphatic carbocycles. The molecule has 1 saturated carbocycles. The van der Waals surface area contributed by atoms with Crippen LogP contribution in [0.5, 0.6) is 0 Å². The predicted octanol–water partition coefficient (Wildman–Crippen LogP) is 4.18. The van der Waals surface area contributed by atoms with E-state index in [2.05, 4.69) is 23.1 Å². The van der Waals surface area contributed by atoms with E-state index in [1.54, 1.807) is 0 Å². The maximum absolute atomic E-state index is 12.9. The second-order valence-electron chi connectivity index (χ2n) is 7.14. The van der Waals surface area contributed by atoms with Gasteiger partial charge in [-0.3, -0.25) is 4.79 Å². The zero-order valence-corrected chi connectivity index (χ0v) is 16.9. The molecule has 4 rings (SSSR count). The van der Waals surface area contributed by atoms with Gasteiger partial charge in [0.25, 0.3) is 0 Å². The first-order valence-corrected chi connectivity index (χ1v) is 9.17. The molecular weight excluding hydrogens is 381 g/mol. The molecule has 2 aromatic rings. The Morgan fingerprint density at radius 3 is 2.26 bits per heavy atom. The summed E-state index contributed by atoms with van der Waals surface area (Å²) in [6.45, 7) is 2.76. The average Bonchev–Trinajstić information content (AvgIpc) is 3.46. The van der Waals surface area contributed by atoms with Crippen LogP contribution in [0.2, 0.25) is 0 Å². The molecular formula is C21H27Cl2N3O. The number of benzene rings is 2. The van der Waals surface area contributed by atoms with Crippen LogP contribution in [0.15, 0.2) is 54.6 Å². The molecule has 0 spiro atoms. The fourth-order valence-corrected chi connectivity index (χ4v) is 3.60. The maximum atomic E-state index is 12.9. The molecule has 1 fully saturated rings. The minimum atomic E-state index is -0.259. The molecule has 1 aliphatic heterocycles. The normalized spacial score (nSPS) is 16.6. The van der Waals surface area contributed by atoms with Crippen molar-refractivity contribution in [3.8, 4) is 0 Å². The lowest BCUT2D eigenvalue weighted by molar-refractivity contribution is -0.119. The molecule has 2 aromatic carbocycles. The van der Waals surface area contributed by atoms with Crippen molar-refractivity contribution in [3.05, 3.63) is 60.2 Å². The molecule has 146 valence electrons. The third-order valence-corrected chi connectivity index (χ3v) is 5.21. The van der Waals surface area contributed by atoms with Gasteiger partial charge in [0.15, 0.2) is 0 Å². The summed E-state index contributed by atoms with van der Waals surface area (Å²) in [5.41, 5.74) is 9.49. The van der Waals surface area contributed by atoms with Crippen LogP contribution < -0.4 is 15.5 Å². The molecule has 0 saturated heterocycles. The second kappa shape index (κ2) is 9.45. The zero-order valence-electron chi connectivity index (χ0n) is 15.3. The third kappa shape index (κ3) is 4.95. The highest BCUT2D eigenvalue weighted by molar-refractivity contribution is 5.98. The highest BCUT2D eigenvalue weighted by Crippen LogP contribution is 2.37. The Morgan fingerprint density at radius 1 is 0.963 bits per heavy atom. The zero-order chi connectivity index (χ0) is 17.2. The van der Waals surface area contributed by atoms with Gasteiger partial charge in [-0.05, 0) is 36.5 Å². The number of nitrogens with zero attached hydrogens (tertiary/aromatic N) is 2.